The molecule has 2 rings (SSSR count). The number of nitrogens with two attached hydrogens (primary N) is 2. The van der Waals surface area contributed by atoms with E-state index in [4.69, 9.17) is 15.9 Å². The SMILES string of the molecule is N/C=C\C(=N\c1ccco1)C(=O)NC(Cc1ccccc1)C(=O)C(N)=O. The number of nitrogens with one attached hydrogen (secondary N) is 1. The number of rotatable bonds is 8. The number of ketones is 1. The molecule has 0 saturated carbocycles. The number of benzene rings is 1. The fourth-order valence-corrected chi connectivity index (χ4v) is 2.17. The molecular weight excluding hydrogens is 336 g/mol. The second-order valence-corrected chi connectivity index (χ2v) is 5.25. The number of carbonyl (C=O) groups excluding carboxylic acids is 3. The molecule has 1 aromatic carbocycles. The van der Waals surface area contributed by atoms with Crippen LogP contribution in [0.3, 0.4) is 0 Å². The van der Waals surface area contributed by atoms with Gasteiger partial charge in [0.2, 0.25) is 11.7 Å². The van der Waals surface area contributed by atoms with Crippen molar-refractivity contribution in [1.29, 1.82) is 0 Å². The second-order valence-electron chi connectivity index (χ2n) is 5.25. The first-order valence-corrected chi connectivity index (χ1v) is 7.70. The zero-order valence-electron chi connectivity index (χ0n) is 13.8. The molecule has 0 aliphatic rings. The van der Waals surface area contributed by atoms with Crippen LogP contribution in [0.1, 0.15) is 5.56 Å². The molecule has 1 aromatic heterocycles. The molecule has 2 aromatic rings. The van der Waals surface area contributed by atoms with Gasteiger partial charge in [-0.2, -0.15) is 0 Å². The van der Waals surface area contributed by atoms with Crippen LogP contribution in [0.25, 0.3) is 0 Å². The minimum absolute atomic E-state index is 0.0854. The van der Waals surface area contributed by atoms with E-state index < -0.39 is 23.6 Å². The Morgan fingerprint density at radius 1 is 1.15 bits per heavy atom. The van der Waals surface area contributed by atoms with Gasteiger partial charge in [-0.25, -0.2) is 4.99 Å². The number of hydrogen-bond donors (Lipinski definition) is 3. The van der Waals surface area contributed by atoms with Gasteiger partial charge in [-0.3, -0.25) is 14.4 Å². The van der Waals surface area contributed by atoms with E-state index in [0.717, 1.165) is 11.8 Å². The standard InChI is InChI=1S/C18H18N4O4/c19-9-8-13(21-15-7-4-10-26-15)18(25)22-14(16(23)17(20)24)11-12-5-2-1-3-6-12/h1-10,14H,11,19H2,(H2,20,24)(H,22,25)/b9-8-,21-13-. The second kappa shape index (κ2) is 8.97. The molecule has 1 heterocycles. The summed E-state index contributed by atoms with van der Waals surface area (Å²) < 4.78 is 5.06. The highest BCUT2D eigenvalue weighted by molar-refractivity contribution is 6.45. The van der Waals surface area contributed by atoms with Gasteiger partial charge in [0.1, 0.15) is 11.8 Å². The Morgan fingerprint density at radius 2 is 1.88 bits per heavy atom. The van der Waals surface area contributed by atoms with E-state index in [-0.39, 0.29) is 18.0 Å². The van der Waals surface area contributed by atoms with Crippen LogP contribution in [0.15, 0.2) is 70.4 Å². The van der Waals surface area contributed by atoms with Gasteiger partial charge in [-0.05, 0) is 23.9 Å². The summed E-state index contributed by atoms with van der Waals surface area (Å²) in [6, 6.07) is 10.9. The molecule has 0 aliphatic carbocycles. The van der Waals surface area contributed by atoms with Gasteiger partial charge < -0.3 is 21.2 Å². The van der Waals surface area contributed by atoms with Crippen molar-refractivity contribution in [3.05, 3.63) is 66.6 Å². The predicted molar refractivity (Wildman–Crippen MR) is 95.4 cm³/mol. The fourth-order valence-electron chi connectivity index (χ4n) is 2.17. The zero-order valence-corrected chi connectivity index (χ0v) is 13.8. The van der Waals surface area contributed by atoms with E-state index >= 15 is 0 Å². The molecule has 5 N–H and O–H groups in total. The normalized spacial score (nSPS) is 12.7. The number of carbonyl (C=O) groups is 3. The van der Waals surface area contributed by atoms with Gasteiger partial charge in [0.05, 0.1) is 6.26 Å². The van der Waals surface area contributed by atoms with Crippen molar-refractivity contribution in [3.63, 3.8) is 0 Å². The summed E-state index contributed by atoms with van der Waals surface area (Å²) in [7, 11) is 0. The maximum Gasteiger partial charge on any atom is 0.287 e. The van der Waals surface area contributed by atoms with E-state index in [1.165, 1.54) is 12.3 Å². The molecule has 2 amide bonds. The first-order chi connectivity index (χ1) is 12.5. The van der Waals surface area contributed by atoms with Crippen LogP contribution in [0.2, 0.25) is 0 Å². The molecule has 0 bridgehead atoms. The molecule has 1 atom stereocenters. The molecule has 1 unspecified atom stereocenters. The Morgan fingerprint density at radius 3 is 2.46 bits per heavy atom. The van der Waals surface area contributed by atoms with Gasteiger partial charge in [0, 0.05) is 12.5 Å². The van der Waals surface area contributed by atoms with Crippen LogP contribution in [-0.4, -0.2) is 29.4 Å². The van der Waals surface area contributed by atoms with E-state index in [0.29, 0.717) is 0 Å². The minimum atomic E-state index is -1.13. The van der Waals surface area contributed by atoms with Gasteiger partial charge >= 0.3 is 0 Å². The Hall–Kier alpha value is -3.68. The largest absolute Gasteiger partial charge is 0.447 e. The lowest BCUT2D eigenvalue weighted by atomic mass is 10.0. The monoisotopic (exact) mass is 354 g/mol. The van der Waals surface area contributed by atoms with Crippen LogP contribution in [0.5, 0.6) is 0 Å². The van der Waals surface area contributed by atoms with Crippen LogP contribution in [-0.2, 0) is 20.8 Å². The molecular formula is C18H18N4O4. The molecule has 8 heteroatoms. The summed E-state index contributed by atoms with van der Waals surface area (Å²) in [6.07, 6.45) is 3.89. The third-order valence-electron chi connectivity index (χ3n) is 3.37. The van der Waals surface area contributed by atoms with E-state index in [2.05, 4.69) is 10.3 Å². The molecule has 0 fully saturated rings. The Kier molecular flexibility index (Phi) is 6.44. The molecule has 0 radical (unpaired) electrons. The average Bonchev–Trinajstić information content (AvgIpc) is 3.14. The lowest BCUT2D eigenvalue weighted by Crippen LogP contribution is -2.49. The minimum Gasteiger partial charge on any atom is -0.447 e. The van der Waals surface area contributed by atoms with Crippen molar-refractivity contribution in [3.8, 4) is 0 Å². The first-order valence-electron chi connectivity index (χ1n) is 7.70. The number of primary amides is 1. The number of aliphatic imine (C=N–C) groups is 1. The van der Waals surface area contributed by atoms with Crippen molar-refractivity contribution in [2.24, 2.45) is 16.5 Å². The van der Waals surface area contributed by atoms with Crippen molar-refractivity contribution in [1.82, 2.24) is 5.32 Å². The highest BCUT2D eigenvalue weighted by Gasteiger charge is 2.26. The topological polar surface area (TPSA) is 141 Å². The molecule has 0 aliphatic heterocycles. The van der Waals surface area contributed by atoms with Crippen LogP contribution >= 0.6 is 0 Å². The van der Waals surface area contributed by atoms with Gasteiger partial charge in [-0.1, -0.05) is 30.3 Å². The molecule has 0 spiro atoms. The summed E-state index contributed by atoms with van der Waals surface area (Å²) >= 11 is 0. The summed E-state index contributed by atoms with van der Waals surface area (Å²) in [5.41, 5.74) is 11.1. The third kappa shape index (κ3) is 5.17. The molecule has 0 saturated heterocycles. The summed E-state index contributed by atoms with van der Waals surface area (Å²) in [5.74, 6) is -2.55. The maximum atomic E-state index is 12.5. The van der Waals surface area contributed by atoms with E-state index in [9.17, 15) is 14.4 Å². The summed E-state index contributed by atoms with van der Waals surface area (Å²) in [6.45, 7) is 0. The van der Waals surface area contributed by atoms with Gasteiger partial charge in [0.15, 0.2) is 0 Å². The molecule has 134 valence electrons. The maximum absolute atomic E-state index is 12.5. The zero-order chi connectivity index (χ0) is 18.9. The fraction of sp³-hybridized carbons (Fsp3) is 0.111. The Balaban J connectivity index is 2.23. The van der Waals surface area contributed by atoms with Crippen LogP contribution < -0.4 is 16.8 Å². The lowest BCUT2D eigenvalue weighted by Gasteiger charge is -2.16. The molecule has 26 heavy (non-hydrogen) atoms. The van der Waals surface area contributed by atoms with E-state index in [1.807, 2.05) is 6.07 Å². The number of hydrogen-bond acceptors (Lipinski definition) is 6. The summed E-state index contributed by atoms with van der Waals surface area (Å²) in [4.78, 5) is 39.9. The van der Waals surface area contributed by atoms with Gasteiger partial charge in [-0.15, -0.1) is 0 Å². The first kappa shape index (κ1) is 18.7. The van der Waals surface area contributed by atoms with Crippen molar-refractivity contribution >= 4 is 29.2 Å². The average molecular weight is 354 g/mol. The lowest BCUT2D eigenvalue weighted by molar-refractivity contribution is -0.137. The summed E-state index contributed by atoms with van der Waals surface area (Å²) in [5, 5.41) is 2.48. The van der Waals surface area contributed by atoms with Crippen molar-refractivity contribution in [2.75, 3.05) is 0 Å². The van der Waals surface area contributed by atoms with Gasteiger partial charge in [0.25, 0.3) is 11.8 Å². The van der Waals surface area contributed by atoms with Crippen molar-refractivity contribution < 1.29 is 18.8 Å². The Bertz CT molecular complexity index is 826. The number of Topliss-reactive ketones (excluding diaryl/α,β-unsaturated/α-hetero) is 1. The van der Waals surface area contributed by atoms with Crippen molar-refractivity contribution in [2.45, 2.75) is 12.5 Å². The highest BCUT2D eigenvalue weighted by atomic mass is 16.3. The smallest absolute Gasteiger partial charge is 0.287 e. The number of nitrogens with zero attached hydrogens (tertiary/aromatic N) is 1. The van der Waals surface area contributed by atoms with E-state index in [1.54, 1.807) is 36.4 Å². The highest BCUT2D eigenvalue weighted by Crippen LogP contribution is 2.12. The van der Waals surface area contributed by atoms with Crippen LogP contribution in [0, 0.1) is 0 Å². The van der Waals surface area contributed by atoms with Crippen LogP contribution in [0.4, 0.5) is 5.88 Å². The number of amides is 2. The molecule has 8 nitrogen and oxygen atoms in total. The number of furan rings is 1. The predicted octanol–water partition coefficient (Wildman–Crippen LogP) is 0.606. The Labute approximate surface area is 149 Å². The third-order valence-corrected chi connectivity index (χ3v) is 3.37. The quantitative estimate of drug-likeness (QED) is 0.470.